The number of hydrogen-bond donors (Lipinski definition) is 1. The van der Waals surface area contributed by atoms with Crippen molar-refractivity contribution in [3.8, 4) is 0 Å². The van der Waals surface area contributed by atoms with E-state index in [9.17, 15) is 0 Å². The smallest absolute Gasteiger partial charge is 0.0700 e. The van der Waals surface area contributed by atoms with E-state index in [0.29, 0.717) is 19.3 Å². The first-order valence-corrected chi connectivity index (χ1v) is 7.52. The molecule has 0 aliphatic heterocycles. The fraction of sp³-hybridized carbons (Fsp3) is 0.647. The summed E-state index contributed by atoms with van der Waals surface area (Å²) in [5.41, 5.74) is 4.09. The van der Waals surface area contributed by atoms with E-state index in [1.165, 1.54) is 16.7 Å². The summed E-state index contributed by atoms with van der Waals surface area (Å²) in [6.07, 6.45) is 2.23. The average molecular weight is 279 g/mol. The molecule has 1 rings (SSSR count). The van der Waals surface area contributed by atoms with Gasteiger partial charge in [-0.3, -0.25) is 0 Å². The highest BCUT2D eigenvalue weighted by Crippen LogP contribution is 2.18. The zero-order valence-corrected chi connectivity index (χ0v) is 13.4. The van der Waals surface area contributed by atoms with Crippen molar-refractivity contribution in [3.05, 3.63) is 34.9 Å². The van der Waals surface area contributed by atoms with Crippen LogP contribution >= 0.6 is 0 Å². The molecule has 114 valence electrons. The number of rotatable bonds is 10. The molecule has 1 aromatic carbocycles. The summed E-state index contributed by atoms with van der Waals surface area (Å²) < 4.78 is 10.4. The maximum absolute atomic E-state index is 5.45. The van der Waals surface area contributed by atoms with Gasteiger partial charge in [0.1, 0.15) is 0 Å². The number of benzene rings is 1. The Balaban J connectivity index is 2.17. The van der Waals surface area contributed by atoms with Crippen LogP contribution in [0.25, 0.3) is 0 Å². The first-order valence-electron chi connectivity index (χ1n) is 7.52. The maximum atomic E-state index is 5.45. The molecule has 3 heteroatoms. The van der Waals surface area contributed by atoms with Crippen molar-refractivity contribution in [1.82, 2.24) is 5.32 Å². The first-order chi connectivity index (χ1) is 9.65. The van der Waals surface area contributed by atoms with E-state index < -0.39 is 0 Å². The lowest BCUT2D eigenvalue weighted by atomic mass is 10.00. The van der Waals surface area contributed by atoms with Crippen molar-refractivity contribution in [2.45, 2.75) is 39.7 Å². The number of nitrogens with one attached hydrogen (secondary N) is 1. The van der Waals surface area contributed by atoms with Gasteiger partial charge in [-0.1, -0.05) is 23.8 Å². The second-order valence-electron chi connectivity index (χ2n) is 5.35. The first kappa shape index (κ1) is 17.2. The standard InChI is InChI=1S/C17H29NO2/c1-14-7-8-15(2)17(13-14)16(3)18-9-5-6-10-20-12-11-19-4/h7-8,13,16,18H,5-6,9-12H2,1-4H3. The number of methoxy groups -OCH3 is 1. The van der Waals surface area contributed by atoms with Crippen LogP contribution in [0, 0.1) is 13.8 Å². The van der Waals surface area contributed by atoms with Crippen molar-refractivity contribution >= 4 is 0 Å². The molecular weight excluding hydrogens is 250 g/mol. The van der Waals surface area contributed by atoms with Crippen LogP contribution in [0.2, 0.25) is 0 Å². The SMILES string of the molecule is COCCOCCCCNC(C)c1cc(C)ccc1C. The Kier molecular flexibility index (Phi) is 8.51. The quantitative estimate of drug-likeness (QED) is 0.666. The largest absolute Gasteiger partial charge is 0.382 e. The summed E-state index contributed by atoms with van der Waals surface area (Å²) in [6, 6.07) is 7.06. The number of aryl methyl sites for hydroxylation is 2. The lowest BCUT2D eigenvalue weighted by molar-refractivity contribution is 0.0687. The molecule has 0 saturated heterocycles. The van der Waals surface area contributed by atoms with Crippen molar-refractivity contribution in [2.24, 2.45) is 0 Å². The molecule has 0 heterocycles. The molecule has 0 aliphatic carbocycles. The van der Waals surface area contributed by atoms with Gasteiger partial charge >= 0.3 is 0 Å². The van der Waals surface area contributed by atoms with Gasteiger partial charge < -0.3 is 14.8 Å². The van der Waals surface area contributed by atoms with Crippen LogP contribution in [0.3, 0.4) is 0 Å². The molecule has 1 aromatic rings. The summed E-state index contributed by atoms with van der Waals surface area (Å²) >= 11 is 0. The third-order valence-electron chi connectivity index (χ3n) is 3.50. The molecule has 3 nitrogen and oxygen atoms in total. The molecule has 0 amide bonds. The molecule has 0 saturated carbocycles. The molecular formula is C17H29NO2. The van der Waals surface area contributed by atoms with Gasteiger partial charge in [-0.25, -0.2) is 0 Å². The Labute approximate surface area is 123 Å². The van der Waals surface area contributed by atoms with Crippen LogP contribution in [0.15, 0.2) is 18.2 Å². The normalized spacial score (nSPS) is 12.6. The third kappa shape index (κ3) is 6.51. The van der Waals surface area contributed by atoms with Crippen molar-refractivity contribution in [1.29, 1.82) is 0 Å². The van der Waals surface area contributed by atoms with Gasteiger partial charge in [0.2, 0.25) is 0 Å². The van der Waals surface area contributed by atoms with Crippen LogP contribution in [0.5, 0.6) is 0 Å². The molecule has 0 aromatic heterocycles. The van der Waals surface area contributed by atoms with E-state index in [1.807, 2.05) is 0 Å². The fourth-order valence-electron chi connectivity index (χ4n) is 2.23. The van der Waals surface area contributed by atoms with Crippen LogP contribution in [-0.4, -0.2) is 33.5 Å². The molecule has 1 unspecified atom stereocenters. The highest BCUT2D eigenvalue weighted by Gasteiger charge is 2.07. The van der Waals surface area contributed by atoms with Gasteiger partial charge in [0, 0.05) is 19.8 Å². The Hall–Kier alpha value is -0.900. The molecule has 0 fully saturated rings. The fourth-order valence-corrected chi connectivity index (χ4v) is 2.23. The molecule has 1 N–H and O–H groups in total. The zero-order chi connectivity index (χ0) is 14.8. The van der Waals surface area contributed by atoms with Gasteiger partial charge in [0.15, 0.2) is 0 Å². The van der Waals surface area contributed by atoms with Crippen LogP contribution in [0.1, 0.15) is 42.5 Å². The summed E-state index contributed by atoms with van der Waals surface area (Å²) in [5.74, 6) is 0. The summed E-state index contributed by atoms with van der Waals surface area (Å²) in [4.78, 5) is 0. The molecule has 0 radical (unpaired) electrons. The lowest BCUT2D eigenvalue weighted by Gasteiger charge is -2.17. The van der Waals surface area contributed by atoms with E-state index in [-0.39, 0.29) is 0 Å². The lowest BCUT2D eigenvalue weighted by Crippen LogP contribution is -2.21. The highest BCUT2D eigenvalue weighted by atomic mass is 16.5. The predicted molar refractivity (Wildman–Crippen MR) is 84.3 cm³/mol. The zero-order valence-electron chi connectivity index (χ0n) is 13.4. The minimum atomic E-state index is 0.407. The van der Waals surface area contributed by atoms with Gasteiger partial charge in [0.25, 0.3) is 0 Å². The van der Waals surface area contributed by atoms with Crippen LogP contribution in [-0.2, 0) is 9.47 Å². The maximum Gasteiger partial charge on any atom is 0.0700 e. The van der Waals surface area contributed by atoms with Crippen molar-refractivity contribution in [3.63, 3.8) is 0 Å². The molecule has 0 aliphatic rings. The van der Waals surface area contributed by atoms with E-state index >= 15 is 0 Å². The number of ether oxygens (including phenoxy) is 2. The monoisotopic (exact) mass is 279 g/mol. The van der Waals surface area contributed by atoms with Crippen LogP contribution in [0.4, 0.5) is 0 Å². The Morgan fingerprint density at radius 1 is 1.10 bits per heavy atom. The second kappa shape index (κ2) is 9.92. The molecule has 0 spiro atoms. The highest BCUT2D eigenvalue weighted by molar-refractivity contribution is 5.32. The number of unbranched alkanes of at least 4 members (excludes halogenated alkanes) is 1. The summed E-state index contributed by atoms with van der Waals surface area (Å²) in [5, 5.41) is 3.59. The number of hydrogen-bond acceptors (Lipinski definition) is 3. The topological polar surface area (TPSA) is 30.5 Å². The van der Waals surface area contributed by atoms with Gasteiger partial charge in [-0.15, -0.1) is 0 Å². The Bertz CT molecular complexity index is 379. The van der Waals surface area contributed by atoms with Gasteiger partial charge in [-0.2, -0.15) is 0 Å². The minimum absolute atomic E-state index is 0.407. The third-order valence-corrected chi connectivity index (χ3v) is 3.50. The average Bonchev–Trinajstić information content (AvgIpc) is 2.44. The van der Waals surface area contributed by atoms with Crippen molar-refractivity contribution in [2.75, 3.05) is 33.5 Å². The van der Waals surface area contributed by atoms with Gasteiger partial charge in [-0.05, 0) is 51.3 Å². The summed E-state index contributed by atoms with van der Waals surface area (Å²) in [7, 11) is 1.70. The van der Waals surface area contributed by atoms with Gasteiger partial charge in [0.05, 0.1) is 13.2 Å². The Morgan fingerprint density at radius 2 is 1.90 bits per heavy atom. The van der Waals surface area contributed by atoms with E-state index in [2.05, 4.69) is 44.3 Å². The molecule has 1 atom stereocenters. The van der Waals surface area contributed by atoms with Crippen molar-refractivity contribution < 1.29 is 9.47 Å². The van der Waals surface area contributed by atoms with E-state index in [1.54, 1.807) is 7.11 Å². The molecule has 20 heavy (non-hydrogen) atoms. The Morgan fingerprint density at radius 3 is 2.65 bits per heavy atom. The minimum Gasteiger partial charge on any atom is -0.382 e. The molecule has 0 bridgehead atoms. The predicted octanol–water partition coefficient (Wildman–Crippen LogP) is 3.40. The van der Waals surface area contributed by atoms with Crippen LogP contribution < -0.4 is 5.32 Å². The van der Waals surface area contributed by atoms with E-state index in [4.69, 9.17) is 9.47 Å². The summed E-state index contributed by atoms with van der Waals surface area (Å²) in [6.45, 7) is 9.79. The van der Waals surface area contributed by atoms with E-state index in [0.717, 1.165) is 26.0 Å². The second-order valence-corrected chi connectivity index (χ2v) is 5.35.